The zero-order valence-corrected chi connectivity index (χ0v) is 11.7. The highest BCUT2D eigenvalue weighted by atomic mass is 16.5. The first kappa shape index (κ1) is 15.3. The van der Waals surface area contributed by atoms with E-state index in [0.29, 0.717) is 17.8 Å². The van der Waals surface area contributed by atoms with Crippen LogP contribution in [0.5, 0.6) is 0 Å². The highest BCUT2D eigenvalue weighted by molar-refractivity contribution is 5.96. The van der Waals surface area contributed by atoms with Gasteiger partial charge in [-0.1, -0.05) is 0 Å². The molecule has 5 nitrogen and oxygen atoms in total. The minimum absolute atomic E-state index is 0.0964. The molecule has 0 heterocycles. The molecule has 1 aromatic rings. The molecule has 1 aromatic carbocycles. The van der Waals surface area contributed by atoms with Gasteiger partial charge in [0.15, 0.2) is 0 Å². The third kappa shape index (κ3) is 5.18. The fraction of sp³-hybridized carbons (Fsp3) is 0.500. The topological polar surface area (TPSA) is 76.4 Å². The maximum atomic E-state index is 11.6. The van der Waals surface area contributed by atoms with Gasteiger partial charge in [0.05, 0.1) is 11.4 Å². The van der Waals surface area contributed by atoms with Gasteiger partial charge in [-0.2, -0.15) is 0 Å². The van der Waals surface area contributed by atoms with Crippen molar-refractivity contribution in [1.29, 1.82) is 0 Å². The fourth-order valence-corrected chi connectivity index (χ4v) is 1.72. The van der Waals surface area contributed by atoms with E-state index >= 15 is 0 Å². The minimum Gasteiger partial charge on any atom is -0.397 e. The Bertz CT molecular complexity index is 408. The standard InChI is InChI=1S/C14H23N3O2/c1-3-16-14(18)11-6-7-13(12(15)10-11)17-8-4-5-9-19-2/h6-7,10,17H,3-5,8-9,15H2,1-2H3,(H,16,18). The number of unbranched alkanes of at least 4 members (excludes halogenated alkanes) is 1. The van der Waals surface area contributed by atoms with Crippen molar-refractivity contribution in [2.75, 3.05) is 37.9 Å². The lowest BCUT2D eigenvalue weighted by atomic mass is 10.1. The lowest BCUT2D eigenvalue weighted by Crippen LogP contribution is -2.22. The van der Waals surface area contributed by atoms with Gasteiger partial charge in [0.2, 0.25) is 0 Å². The molecule has 0 atom stereocenters. The van der Waals surface area contributed by atoms with Crippen LogP contribution in [0.1, 0.15) is 30.1 Å². The molecule has 0 bridgehead atoms. The monoisotopic (exact) mass is 265 g/mol. The second-order valence-electron chi connectivity index (χ2n) is 4.29. The summed E-state index contributed by atoms with van der Waals surface area (Å²) in [4.78, 5) is 11.6. The van der Waals surface area contributed by atoms with Crippen LogP contribution in [0.15, 0.2) is 18.2 Å². The van der Waals surface area contributed by atoms with Crippen molar-refractivity contribution in [2.24, 2.45) is 0 Å². The predicted octanol–water partition coefficient (Wildman–Crippen LogP) is 1.86. The first-order valence-corrected chi connectivity index (χ1v) is 6.59. The molecule has 0 radical (unpaired) electrons. The molecule has 0 saturated heterocycles. The Kier molecular flexibility index (Phi) is 6.74. The summed E-state index contributed by atoms with van der Waals surface area (Å²) in [5, 5.41) is 6.00. The summed E-state index contributed by atoms with van der Waals surface area (Å²) < 4.78 is 4.99. The summed E-state index contributed by atoms with van der Waals surface area (Å²) in [7, 11) is 1.70. The second-order valence-corrected chi connectivity index (χ2v) is 4.29. The lowest BCUT2D eigenvalue weighted by Gasteiger charge is -2.10. The van der Waals surface area contributed by atoms with E-state index in [-0.39, 0.29) is 5.91 Å². The molecule has 19 heavy (non-hydrogen) atoms. The van der Waals surface area contributed by atoms with Gasteiger partial charge in [-0.3, -0.25) is 4.79 Å². The normalized spacial score (nSPS) is 10.2. The number of hydrogen-bond donors (Lipinski definition) is 3. The van der Waals surface area contributed by atoms with Crippen LogP contribution in [-0.2, 0) is 4.74 Å². The Morgan fingerprint density at radius 1 is 1.37 bits per heavy atom. The third-order valence-corrected chi connectivity index (χ3v) is 2.74. The van der Waals surface area contributed by atoms with Gasteiger partial charge < -0.3 is 21.1 Å². The zero-order valence-electron chi connectivity index (χ0n) is 11.7. The van der Waals surface area contributed by atoms with Crippen LogP contribution in [0, 0.1) is 0 Å². The Morgan fingerprint density at radius 3 is 2.79 bits per heavy atom. The van der Waals surface area contributed by atoms with Crippen molar-refractivity contribution in [3.8, 4) is 0 Å². The molecule has 1 rings (SSSR count). The predicted molar refractivity (Wildman–Crippen MR) is 78.5 cm³/mol. The zero-order chi connectivity index (χ0) is 14.1. The quantitative estimate of drug-likeness (QED) is 0.495. The van der Waals surface area contributed by atoms with Crippen LogP contribution in [0.25, 0.3) is 0 Å². The van der Waals surface area contributed by atoms with Crippen LogP contribution in [0.3, 0.4) is 0 Å². The first-order chi connectivity index (χ1) is 9.19. The van der Waals surface area contributed by atoms with Crippen molar-refractivity contribution >= 4 is 17.3 Å². The van der Waals surface area contributed by atoms with Gasteiger partial charge in [0, 0.05) is 32.4 Å². The Labute approximate surface area is 114 Å². The summed E-state index contributed by atoms with van der Waals surface area (Å²) >= 11 is 0. The molecular weight excluding hydrogens is 242 g/mol. The molecule has 106 valence electrons. The van der Waals surface area contributed by atoms with Gasteiger partial charge in [-0.15, -0.1) is 0 Å². The number of carbonyl (C=O) groups is 1. The molecule has 4 N–H and O–H groups in total. The number of amides is 1. The fourth-order valence-electron chi connectivity index (χ4n) is 1.72. The molecule has 0 saturated carbocycles. The van der Waals surface area contributed by atoms with Crippen molar-refractivity contribution in [3.05, 3.63) is 23.8 Å². The van der Waals surface area contributed by atoms with Crippen LogP contribution in [0.4, 0.5) is 11.4 Å². The van der Waals surface area contributed by atoms with Gasteiger partial charge in [-0.25, -0.2) is 0 Å². The summed E-state index contributed by atoms with van der Waals surface area (Å²) in [6, 6.07) is 5.32. The van der Waals surface area contributed by atoms with Crippen LogP contribution in [0.2, 0.25) is 0 Å². The maximum absolute atomic E-state index is 11.6. The molecule has 0 aliphatic heterocycles. The van der Waals surface area contributed by atoms with Gasteiger partial charge in [0.1, 0.15) is 0 Å². The highest BCUT2D eigenvalue weighted by Crippen LogP contribution is 2.19. The van der Waals surface area contributed by atoms with Crippen molar-refractivity contribution in [2.45, 2.75) is 19.8 Å². The SMILES string of the molecule is CCNC(=O)c1ccc(NCCCCOC)c(N)c1. The van der Waals surface area contributed by atoms with E-state index < -0.39 is 0 Å². The number of rotatable bonds is 8. The highest BCUT2D eigenvalue weighted by Gasteiger charge is 2.06. The summed E-state index contributed by atoms with van der Waals surface area (Å²) in [5.74, 6) is -0.0964. The second kappa shape index (κ2) is 8.37. The number of anilines is 2. The Hall–Kier alpha value is -1.75. The van der Waals surface area contributed by atoms with Crippen molar-refractivity contribution in [3.63, 3.8) is 0 Å². The molecule has 0 spiro atoms. The molecule has 5 heteroatoms. The van der Waals surface area contributed by atoms with Gasteiger partial charge >= 0.3 is 0 Å². The van der Waals surface area contributed by atoms with Gasteiger partial charge in [-0.05, 0) is 38.0 Å². The number of benzene rings is 1. The van der Waals surface area contributed by atoms with Crippen LogP contribution < -0.4 is 16.4 Å². The van der Waals surface area contributed by atoms with Crippen LogP contribution in [-0.4, -0.2) is 32.7 Å². The number of nitrogen functional groups attached to an aromatic ring is 1. The van der Waals surface area contributed by atoms with E-state index in [4.69, 9.17) is 10.5 Å². The summed E-state index contributed by atoms with van der Waals surface area (Å²) in [5.41, 5.74) is 7.98. The van der Waals surface area contributed by atoms with E-state index in [0.717, 1.165) is 31.7 Å². The van der Waals surface area contributed by atoms with E-state index in [9.17, 15) is 4.79 Å². The number of nitrogens with two attached hydrogens (primary N) is 1. The number of carbonyl (C=O) groups excluding carboxylic acids is 1. The molecule has 0 fully saturated rings. The third-order valence-electron chi connectivity index (χ3n) is 2.74. The number of methoxy groups -OCH3 is 1. The molecule has 0 aliphatic carbocycles. The molecular formula is C14H23N3O2. The Morgan fingerprint density at radius 2 is 2.16 bits per heavy atom. The van der Waals surface area contributed by atoms with E-state index in [1.165, 1.54) is 0 Å². The minimum atomic E-state index is -0.0964. The maximum Gasteiger partial charge on any atom is 0.251 e. The molecule has 1 amide bonds. The van der Waals surface area contributed by atoms with Gasteiger partial charge in [0.25, 0.3) is 5.91 Å². The average Bonchev–Trinajstić information content (AvgIpc) is 2.40. The van der Waals surface area contributed by atoms with E-state index in [1.54, 1.807) is 19.2 Å². The largest absolute Gasteiger partial charge is 0.397 e. The van der Waals surface area contributed by atoms with E-state index in [1.807, 2.05) is 13.0 Å². The lowest BCUT2D eigenvalue weighted by molar-refractivity contribution is 0.0956. The summed E-state index contributed by atoms with van der Waals surface area (Å²) in [6.07, 6.45) is 2.03. The number of nitrogens with one attached hydrogen (secondary N) is 2. The molecule has 0 unspecified atom stereocenters. The Balaban J connectivity index is 2.50. The smallest absolute Gasteiger partial charge is 0.251 e. The molecule has 0 aliphatic rings. The average molecular weight is 265 g/mol. The first-order valence-electron chi connectivity index (χ1n) is 6.59. The summed E-state index contributed by atoms with van der Waals surface area (Å²) in [6.45, 7) is 4.11. The van der Waals surface area contributed by atoms with Crippen LogP contribution >= 0.6 is 0 Å². The van der Waals surface area contributed by atoms with Crippen molar-refractivity contribution in [1.82, 2.24) is 5.32 Å². The van der Waals surface area contributed by atoms with Crippen molar-refractivity contribution < 1.29 is 9.53 Å². The van der Waals surface area contributed by atoms with E-state index in [2.05, 4.69) is 10.6 Å². The number of ether oxygens (including phenoxy) is 1. The molecule has 0 aromatic heterocycles. The number of hydrogen-bond acceptors (Lipinski definition) is 4.